The number of benzene rings is 2. The summed E-state index contributed by atoms with van der Waals surface area (Å²) >= 11 is 0. The number of anilines is 2. The molecule has 1 fully saturated rings. The van der Waals surface area contributed by atoms with Gasteiger partial charge < -0.3 is 14.7 Å². The number of hydrogen-bond donors (Lipinski definition) is 0. The molecule has 180 valence electrons. The van der Waals surface area contributed by atoms with Gasteiger partial charge in [-0.1, -0.05) is 44.2 Å². The van der Waals surface area contributed by atoms with Gasteiger partial charge in [-0.15, -0.1) is 0 Å². The van der Waals surface area contributed by atoms with Gasteiger partial charge in [0.1, 0.15) is 0 Å². The Balaban J connectivity index is 1.71. The van der Waals surface area contributed by atoms with Crippen LogP contribution in [0.2, 0.25) is 0 Å². The zero-order valence-corrected chi connectivity index (χ0v) is 20.1. The van der Waals surface area contributed by atoms with E-state index < -0.39 is 11.6 Å². The molecule has 2 aromatic carbocycles. The van der Waals surface area contributed by atoms with E-state index in [-0.39, 0.29) is 17.9 Å². The number of halogens is 2. The molecule has 0 saturated carbocycles. The minimum absolute atomic E-state index is 0.0645. The second-order valence-corrected chi connectivity index (χ2v) is 9.13. The first kappa shape index (κ1) is 23.9. The summed E-state index contributed by atoms with van der Waals surface area (Å²) in [6.45, 7) is 8.36. The number of aromatic nitrogens is 2. The number of fused-ring (bicyclic) bond motifs is 1. The lowest BCUT2D eigenvalue weighted by atomic mass is 10.1. The molecule has 0 radical (unpaired) electrons. The predicted molar refractivity (Wildman–Crippen MR) is 131 cm³/mol. The number of nitrogens with zero attached hydrogens (tertiary/aromatic N) is 5. The number of carbonyl (C=O) groups excluding carboxylic acids is 1. The maximum absolute atomic E-state index is 14.0. The molecule has 1 aromatic heterocycles. The third-order valence-electron chi connectivity index (χ3n) is 6.32. The minimum atomic E-state index is -0.947. The van der Waals surface area contributed by atoms with E-state index in [1.165, 1.54) is 0 Å². The van der Waals surface area contributed by atoms with Crippen LogP contribution >= 0.6 is 0 Å². The van der Waals surface area contributed by atoms with Gasteiger partial charge >= 0.3 is 0 Å². The molecule has 0 aliphatic carbocycles. The lowest BCUT2D eigenvalue weighted by Crippen LogP contribution is -2.44. The van der Waals surface area contributed by atoms with Gasteiger partial charge in [0.05, 0.1) is 17.1 Å². The Morgan fingerprint density at radius 1 is 1.12 bits per heavy atom. The van der Waals surface area contributed by atoms with Gasteiger partial charge in [-0.3, -0.25) is 4.79 Å². The Bertz CT molecular complexity index is 1170. The lowest BCUT2D eigenvalue weighted by molar-refractivity contribution is -0.136. The van der Waals surface area contributed by atoms with Crippen molar-refractivity contribution in [3.8, 4) is 0 Å². The van der Waals surface area contributed by atoms with Crippen LogP contribution in [0.25, 0.3) is 11.0 Å². The van der Waals surface area contributed by atoms with E-state index >= 15 is 0 Å². The molecule has 1 saturated heterocycles. The third-order valence-corrected chi connectivity index (χ3v) is 6.32. The molecule has 0 bridgehead atoms. The van der Waals surface area contributed by atoms with E-state index in [1.54, 1.807) is 0 Å². The van der Waals surface area contributed by atoms with E-state index in [9.17, 15) is 13.6 Å². The number of rotatable bonds is 7. The van der Waals surface area contributed by atoms with E-state index in [2.05, 4.69) is 4.90 Å². The highest BCUT2D eigenvalue weighted by Crippen LogP contribution is 2.32. The Morgan fingerprint density at radius 3 is 2.38 bits per heavy atom. The van der Waals surface area contributed by atoms with Crippen LogP contribution in [-0.4, -0.2) is 53.5 Å². The highest BCUT2D eigenvalue weighted by atomic mass is 19.2. The van der Waals surface area contributed by atoms with Crippen molar-refractivity contribution in [3.05, 3.63) is 59.7 Å². The second kappa shape index (κ2) is 9.91. The van der Waals surface area contributed by atoms with E-state index in [0.29, 0.717) is 48.8 Å². The van der Waals surface area contributed by atoms with Crippen LogP contribution in [0.15, 0.2) is 42.5 Å². The van der Waals surface area contributed by atoms with Gasteiger partial charge in [0.2, 0.25) is 5.91 Å². The number of amides is 1. The minimum Gasteiger partial charge on any atom is -0.352 e. The first-order valence-electron chi connectivity index (χ1n) is 11.8. The molecular weight excluding hydrogens is 436 g/mol. The Labute approximate surface area is 199 Å². The molecular formula is C26H31F2N5O. The van der Waals surface area contributed by atoms with Crippen molar-refractivity contribution in [2.45, 2.75) is 39.8 Å². The summed E-state index contributed by atoms with van der Waals surface area (Å²) in [6, 6.07) is 12.2. The normalized spacial score (nSPS) is 15.9. The fourth-order valence-electron chi connectivity index (χ4n) is 4.55. The Hall–Kier alpha value is -3.29. The summed E-state index contributed by atoms with van der Waals surface area (Å²) in [4.78, 5) is 28.2. The number of carbonyl (C=O) groups is 1. The molecule has 1 amide bonds. The third kappa shape index (κ3) is 4.81. The zero-order valence-electron chi connectivity index (χ0n) is 20.1. The van der Waals surface area contributed by atoms with E-state index in [1.807, 2.05) is 68.0 Å². The van der Waals surface area contributed by atoms with E-state index in [0.717, 1.165) is 24.1 Å². The van der Waals surface area contributed by atoms with Gasteiger partial charge in [0, 0.05) is 51.3 Å². The summed E-state index contributed by atoms with van der Waals surface area (Å²) in [6.07, 6.45) is 0.811. The average molecular weight is 468 g/mol. The highest BCUT2D eigenvalue weighted by molar-refractivity contribution is 5.82. The van der Waals surface area contributed by atoms with Crippen molar-refractivity contribution in [1.82, 2.24) is 14.9 Å². The monoisotopic (exact) mass is 467 g/mol. The highest BCUT2D eigenvalue weighted by Gasteiger charge is 2.33. The van der Waals surface area contributed by atoms with E-state index in [4.69, 9.17) is 9.97 Å². The van der Waals surface area contributed by atoms with Crippen molar-refractivity contribution < 1.29 is 13.6 Å². The SMILES string of the molecule is CCN(C(=O)C(C)C)[C@H]1CCN(c2nc3cc(F)c(F)cc3nc2N(C)Cc2ccccc2)C1. The van der Waals surface area contributed by atoms with Crippen LogP contribution in [0, 0.1) is 17.6 Å². The van der Waals surface area contributed by atoms with Crippen molar-refractivity contribution in [3.63, 3.8) is 0 Å². The van der Waals surface area contributed by atoms with Crippen molar-refractivity contribution in [2.24, 2.45) is 5.92 Å². The smallest absolute Gasteiger partial charge is 0.225 e. The Morgan fingerprint density at radius 2 is 1.76 bits per heavy atom. The topological polar surface area (TPSA) is 52.6 Å². The molecule has 3 aromatic rings. The van der Waals surface area contributed by atoms with Crippen LogP contribution in [0.5, 0.6) is 0 Å². The zero-order chi connectivity index (χ0) is 24.4. The Kier molecular flexibility index (Phi) is 6.95. The molecule has 0 spiro atoms. The van der Waals surface area contributed by atoms with Crippen LogP contribution in [0.3, 0.4) is 0 Å². The van der Waals surface area contributed by atoms with Crippen LogP contribution in [-0.2, 0) is 11.3 Å². The fourth-order valence-corrected chi connectivity index (χ4v) is 4.55. The van der Waals surface area contributed by atoms with Crippen LogP contribution in [0.4, 0.5) is 20.4 Å². The first-order valence-corrected chi connectivity index (χ1v) is 11.8. The molecule has 6 nitrogen and oxygen atoms in total. The molecule has 1 atom stereocenters. The largest absolute Gasteiger partial charge is 0.352 e. The molecule has 0 unspecified atom stereocenters. The van der Waals surface area contributed by atoms with Gasteiger partial charge in [0.25, 0.3) is 0 Å². The summed E-state index contributed by atoms with van der Waals surface area (Å²) < 4.78 is 27.9. The summed E-state index contributed by atoms with van der Waals surface area (Å²) in [5.74, 6) is -0.609. The molecule has 1 aliphatic rings. The molecule has 34 heavy (non-hydrogen) atoms. The molecule has 1 aliphatic heterocycles. The maximum atomic E-state index is 14.0. The molecule has 0 N–H and O–H groups in total. The number of hydrogen-bond acceptors (Lipinski definition) is 5. The molecule has 2 heterocycles. The number of likely N-dealkylation sites (N-methyl/N-ethyl adjacent to an activating group) is 1. The fraction of sp³-hybridized carbons (Fsp3) is 0.423. The predicted octanol–water partition coefficient (Wildman–Crippen LogP) is 4.63. The maximum Gasteiger partial charge on any atom is 0.225 e. The summed E-state index contributed by atoms with van der Waals surface area (Å²) in [7, 11) is 1.92. The summed E-state index contributed by atoms with van der Waals surface area (Å²) in [5.41, 5.74) is 1.71. The van der Waals surface area contributed by atoms with Gasteiger partial charge in [-0.2, -0.15) is 0 Å². The van der Waals surface area contributed by atoms with Crippen molar-refractivity contribution >= 4 is 28.6 Å². The standard InChI is InChI=1S/C26H31F2N5O/c1-5-33(26(34)17(2)3)19-11-12-32(16-19)25-24(31(4)15-18-9-7-6-8-10-18)29-22-13-20(27)21(28)14-23(22)30-25/h6-10,13-14,17,19H,5,11-12,15-16H2,1-4H3/t19-/m0/s1. The summed E-state index contributed by atoms with van der Waals surface area (Å²) in [5, 5.41) is 0. The first-order chi connectivity index (χ1) is 16.3. The van der Waals surface area contributed by atoms with Gasteiger partial charge in [-0.25, -0.2) is 18.7 Å². The van der Waals surface area contributed by atoms with Crippen molar-refractivity contribution in [2.75, 3.05) is 36.5 Å². The van der Waals surface area contributed by atoms with Crippen LogP contribution in [0.1, 0.15) is 32.8 Å². The quantitative estimate of drug-likeness (QED) is 0.507. The molecule has 8 heteroatoms. The van der Waals surface area contributed by atoms with Crippen LogP contribution < -0.4 is 9.80 Å². The van der Waals surface area contributed by atoms with Gasteiger partial charge in [0.15, 0.2) is 23.3 Å². The van der Waals surface area contributed by atoms with Crippen molar-refractivity contribution in [1.29, 1.82) is 0 Å². The molecule has 4 rings (SSSR count). The average Bonchev–Trinajstić information content (AvgIpc) is 3.30. The van der Waals surface area contributed by atoms with Gasteiger partial charge in [-0.05, 0) is 18.9 Å². The lowest BCUT2D eigenvalue weighted by Gasteiger charge is -2.30. The second-order valence-electron chi connectivity index (χ2n) is 9.13.